The molecule has 1 amide bonds. The first-order valence-electron chi connectivity index (χ1n) is 7.65. The molecular formula is C17H24N2O3. The standard InChI is InChI=1S/C17H24N2O3/c1-17(2,3)18-15(21)16(22)19-11-7-10-13(19)14(20)12-8-5-4-6-9-12/h4-6,8-9,13,16,22H,7,10-11H2,1-3H3,(H,18,21). The SMILES string of the molecule is CC(C)(C)NC(=O)C(O)N1CCCC1C(=O)c1ccccc1. The summed E-state index contributed by atoms with van der Waals surface area (Å²) in [6.45, 7) is 6.11. The van der Waals surface area contributed by atoms with E-state index in [2.05, 4.69) is 5.32 Å². The number of hydrogen-bond acceptors (Lipinski definition) is 4. The number of amides is 1. The molecule has 2 atom stereocenters. The first-order valence-corrected chi connectivity index (χ1v) is 7.65. The van der Waals surface area contributed by atoms with Crippen molar-refractivity contribution in [1.29, 1.82) is 0 Å². The summed E-state index contributed by atoms with van der Waals surface area (Å²) in [7, 11) is 0. The molecule has 1 aliphatic heterocycles. The van der Waals surface area contributed by atoms with E-state index < -0.39 is 23.7 Å². The summed E-state index contributed by atoms with van der Waals surface area (Å²) in [6.07, 6.45) is 0.163. The Morgan fingerprint density at radius 3 is 2.50 bits per heavy atom. The topological polar surface area (TPSA) is 69.6 Å². The monoisotopic (exact) mass is 304 g/mol. The number of benzene rings is 1. The fourth-order valence-corrected chi connectivity index (χ4v) is 2.74. The fourth-order valence-electron chi connectivity index (χ4n) is 2.74. The molecule has 5 nitrogen and oxygen atoms in total. The van der Waals surface area contributed by atoms with Crippen LogP contribution in [0, 0.1) is 0 Å². The van der Waals surface area contributed by atoms with Crippen molar-refractivity contribution in [2.75, 3.05) is 6.54 Å². The fraction of sp³-hybridized carbons (Fsp3) is 0.529. The molecule has 1 aromatic rings. The number of carbonyl (C=O) groups is 2. The molecule has 2 N–H and O–H groups in total. The Balaban J connectivity index is 2.10. The molecule has 1 aromatic carbocycles. The van der Waals surface area contributed by atoms with Crippen LogP contribution in [-0.2, 0) is 4.79 Å². The molecule has 0 saturated carbocycles. The molecule has 120 valence electrons. The second kappa shape index (κ2) is 6.58. The molecule has 0 aliphatic carbocycles. The summed E-state index contributed by atoms with van der Waals surface area (Å²) >= 11 is 0. The number of hydrogen-bond donors (Lipinski definition) is 2. The van der Waals surface area contributed by atoms with Crippen molar-refractivity contribution in [1.82, 2.24) is 10.2 Å². The van der Waals surface area contributed by atoms with Gasteiger partial charge in [0.15, 0.2) is 12.0 Å². The van der Waals surface area contributed by atoms with E-state index in [1.807, 2.05) is 39.0 Å². The number of aliphatic hydroxyl groups is 1. The Morgan fingerprint density at radius 2 is 1.91 bits per heavy atom. The quantitative estimate of drug-likeness (QED) is 0.828. The van der Waals surface area contributed by atoms with Gasteiger partial charge < -0.3 is 10.4 Å². The molecular weight excluding hydrogens is 280 g/mol. The normalized spacial score (nSPS) is 20.6. The maximum Gasteiger partial charge on any atom is 0.264 e. The molecule has 0 spiro atoms. The lowest BCUT2D eigenvalue weighted by molar-refractivity contribution is -0.141. The van der Waals surface area contributed by atoms with Crippen molar-refractivity contribution >= 4 is 11.7 Å². The van der Waals surface area contributed by atoms with Gasteiger partial charge in [-0.15, -0.1) is 0 Å². The number of carbonyl (C=O) groups excluding carboxylic acids is 2. The second-order valence-corrected chi connectivity index (χ2v) is 6.74. The Kier molecular flexibility index (Phi) is 4.98. The lowest BCUT2D eigenvalue weighted by Crippen LogP contribution is -2.54. The second-order valence-electron chi connectivity index (χ2n) is 6.74. The van der Waals surface area contributed by atoms with Gasteiger partial charge in [-0.1, -0.05) is 30.3 Å². The number of nitrogens with zero attached hydrogens (tertiary/aromatic N) is 1. The zero-order valence-electron chi connectivity index (χ0n) is 13.4. The third kappa shape index (κ3) is 3.93. The van der Waals surface area contributed by atoms with E-state index >= 15 is 0 Å². The Morgan fingerprint density at radius 1 is 1.27 bits per heavy atom. The summed E-state index contributed by atoms with van der Waals surface area (Å²) in [5, 5.41) is 13.1. The van der Waals surface area contributed by atoms with Crippen LogP contribution in [0.3, 0.4) is 0 Å². The van der Waals surface area contributed by atoms with Crippen LogP contribution < -0.4 is 5.32 Å². The molecule has 0 bridgehead atoms. The van der Waals surface area contributed by atoms with Crippen LogP contribution in [0.5, 0.6) is 0 Å². The van der Waals surface area contributed by atoms with Gasteiger partial charge in [0.25, 0.3) is 5.91 Å². The van der Waals surface area contributed by atoms with E-state index in [0.717, 1.165) is 6.42 Å². The molecule has 5 heteroatoms. The number of ketones is 1. The van der Waals surface area contributed by atoms with Crippen molar-refractivity contribution in [3.05, 3.63) is 35.9 Å². The Bertz CT molecular complexity index is 537. The number of Topliss-reactive ketones (excluding diaryl/α,β-unsaturated/α-hetero) is 1. The number of likely N-dealkylation sites (tertiary alicyclic amines) is 1. The van der Waals surface area contributed by atoms with Gasteiger partial charge in [-0.25, -0.2) is 0 Å². The molecule has 0 aromatic heterocycles. The molecule has 1 saturated heterocycles. The van der Waals surface area contributed by atoms with Crippen LogP contribution in [-0.4, -0.2) is 46.1 Å². The number of rotatable bonds is 4. The van der Waals surface area contributed by atoms with Gasteiger partial charge in [-0.3, -0.25) is 14.5 Å². The maximum atomic E-state index is 12.6. The lowest BCUT2D eigenvalue weighted by Gasteiger charge is -2.30. The third-order valence-electron chi connectivity index (χ3n) is 3.70. The molecule has 1 fully saturated rings. The van der Waals surface area contributed by atoms with Gasteiger partial charge >= 0.3 is 0 Å². The summed E-state index contributed by atoms with van der Waals surface area (Å²) in [5.74, 6) is -0.499. The highest BCUT2D eigenvalue weighted by molar-refractivity contribution is 6.00. The maximum absolute atomic E-state index is 12.6. The summed E-state index contributed by atoms with van der Waals surface area (Å²) in [4.78, 5) is 26.3. The molecule has 1 heterocycles. The number of nitrogens with one attached hydrogen (secondary N) is 1. The smallest absolute Gasteiger partial charge is 0.264 e. The van der Waals surface area contributed by atoms with Crippen LogP contribution >= 0.6 is 0 Å². The Labute approximate surface area is 131 Å². The van der Waals surface area contributed by atoms with E-state index in [0.29, 0.717) is 18.5 Å². The highest BCUT2D eigenvalue weighted by atomic mass is 16.3. The zero-order valence-corrected chi connectivity index (χ0v) is 13.4. The summed E-state index contributed by atoms with van der Waals surface area (Å²) in [5.41, 5.74) is 0.194. The molecule has 2 unspecified atom stereocenters. The largest absolute Gasteiger partial charge is 0.370 e. The average molecular weight is 304 g/mol. The minimum absolute atomic E-state index is 0.0410. The van der Waals surface area contributed by atoms with Crippen molar-refractivity contribution in [3.8, 4) is 0 Å². The molecule has 22 heavy (non-hydrogen) atoms. The van der Waals surface area contributed by atoms with Crippen molar-refractivity contribution < 1.29 is 14.7 Å². The predicted octanol–water partition coefficient (Wildman–Crippen LogP) is 1.57. The minimum Gasteiger partial charge on any atom is -0.370 e. The molecule has 2 rings (SSSR count). The highest BCUT2D eigenvalue weighted by Gasteiger charge is 2.38. The van der Waals surface area contributed by atoms with Crippen molar-refractivity contribution in [2.45, 2.75) is 51.4 Å². The minimum atomic E-state index is -1.29. The lowest BCUT2D eigenvalue weighted by atomic mass is 10.0. The first kappa shape index (κ1) is 16.6. The van der Waals surface area contributed by atoms with Gasteiger partial charge in [0.1, 0.15) is 0 Å². The van der Waals surface area contributed by atoms with Crippen LogP contribution in [0.15, 0.2) is 30.3 Å². The third-order valence-corrected chi connectivity index (χ3v) is 3.70. The highest BCUT2D eigenvalue weighted by Crippen LogP contribution is 2.23. The van der Waals surface area contributed by atoms with E-state index in [-0.39, 0.29) is 5.78 Å². The molecule has 1 aliphatic rings. The number of aliphatic hydroxyl groups excluding tert-OH is 1. The van der Waals surface area contributed by atoms with Gasteiger partial charge in [0.05, 0.1) is 6.04 Å². The van der Waals surface area contributed by atoms with Crippen molar-refractivity contribution in [2.24, 2.45) is 0 Å². The van der Waals surface area contributed by atoms with Gasteiger partial charge in [0, 0.05) is 17.6 Å². The van der Waals surface area contributed by atoms with Crippen LogP contribution in [0.4, 0.5) is 0 Å². The predicted molar refractivity (Wildman–Crippen MR) is 84.4 cm³/mol. The van der Waals surface area contributed by atoms with Crippen LogP contribution in [0.1, 0.15) is 44.0 Å². The van der Waals surface area contributed by atoms with E-state index in [4.69, 9.17) is 0 Å². The van der Waals surface area contributed by atoms with E-state index in [1.165, 1.54) is 0 Å². The van der Waals surface area contributed by atoms with Gasteiger partial charge in [-0.05, 0) is 33.6 Å². The first-order chi connectivity index (χ1) is 10.3. The van der Waals surface area contributed by atoms with E-state index in [9.17, 15) is 14.7 Å². The summed E-state index contributed by atoms with van der Waals surface area (Å²) in [6, 6.07) is 8.57. The molecule has 0 radical (unpaired) electrons. The Hall–Kier alpha value is -1.72. The summed E-state index contributed by atoms with van der Waals surface area (Å²) < 4.78 is 0. The van der Waals surface area contributed by atoms with Crippen LogP contribution in [0.2, 0.25) is 0 Å². The zero-order chi connectivity index (χ0) is 16.3. The van der Waals surface area contributed by atoms with E-state index in [1.54, 1.807) is 17.0 Å². The van der Waals surface area contributed by atoms with Crippen LogP contribution in [0.25, 0.3) is 0 Å². The average Bonchev–Trinajstić information content (AvgIpc) is 2.94. The van der Waals surface area contributed by atoms with Crippen molar-refractivity contribution in [3.63, 3.8) is 0 Å². The van der Waals surface area contributed by atoms with Gasteiger partial charge in [0.2, 0.25) is 0 Å². The van der Waals surface area contributed by atoms with Gasteiger partial charge in [-0.2, -0.15) is 0 Å².